The highest BCUT2D eigenvalue weighted by atomic mass is 16.5. The maximum Gasteiger partial charge on any atom is 0.261 e. The lowest BCUT2D eigenvalue weighted by atomic mass is 10.1. The zero-order valence-corrected chi connectivity index (χ0v) is 14.5. The molecule has 1 aromatic carbocycles. The maximum absolute atomic E-state index is 12.2. The molecule has 1 aliphatic rings. The zero-order valence-electron chi connectivity index (χ0n) is 14.5. The number of hydrogen-bond donors (Lipinski definition) is 1. The van der Waals surface area contributed by atoms with E-state index in [1.165, 1.54) is 19.3 Å². The molecule has 0 bridgehead atoms. The Labute approximate surface area is 148 Å². The summed E-state index contributed by atoms with van der Waals surface area (Å²) in [5.74, 6) is 2.04. The van der Waals surface area contributed by atoms with E-state index in [0.29, 0.717) is 18.1 Å². The second-order valence-corrected chi connectivity index (χ2v) is 6.17. The van der Waals surface area contributed by atoms with Crippen LogP contribution in [-0.2, 0) is 11.3 Å². The normalized spacial score (nSPS) is 15.5. The first-order chi connectivity index (χ1) is 12.2. The number of nitrogens with zero attached hydrogens (tertiary/aromatic N) is 3. The Morgan fingerprint density at radius 3 is 2.72 bits per heavy atom. The van der Waals surface area contributed by atoms with Crippen LogP contribution in [0.3, 0.4) is 0 Å². The summed E-state index contributed by atoms with van der Waals surface area (Å²) >= 11 is 0. The van der Waals surface area contributed by atoms with Gasteiger partial charge in [-0.3, -0.25) is 4.79 Å². The van der Waals surface area contributed by atoms with Gasteiger partial charge in [-0.25, -0.2) is 9.97 Å². The Morgan fingerprint density at radius 2 is 1.96 bits per heavy atom. The Balaban J connectivity index is 1.53. The molecule has 6 heteroatoms. The SMILES string of the molecule is C[C@@H](Oc1ccccc1)C(=O)NCc1nccc(N2CCCCC2)n1. The number of rotatable bonds is 6. The monoisotopic (exact) mass is 340 g/mol. The number of anilines is 1. The summed E-state index contributed by atoms with van der Waals surface area (Å²) in [6.07, 6.45) is 4.86. The molecular weight excluding hydrogens is 316 g/mol. The van der Waals surface area contributed by atoms with Crippen LogP contribution in [0.25, 0.3) is 0 Å². The molecule has 1 saturated heterocycles. The van der Waals surface area contributed by atoms with Crippen molar-refractivity contribution in [3.63, 3.8) is 0 Å². The van der Waals surface area contributed by atoms with E-state index in [2.05, 4.69) is 20.2 Å². The Bertz CT molecular complexity index is 687. The van der Waals surface area contributed by atoms with Gasteiger partial charge in [-0.05, 0) is 44.4 Å². The first kappa shape index (κ1) is 17.2. The van der Waals surface area contributed by atoms with E-state index in [4.69, 9.17) is 4.74 Å². The molecule has 0 saturated carbocycles. The van der Waals surface area contributed by atoms with Gasteiger partial charge in [0.05, 0.1) is 6.54 Å². The number of amides is 1. The predicted molar refractivity (Wildman–Crippen MR) is 96.5 cm³/mol. The summed E-state index contributed by atoms with van der Waals surface area (Å²) in [6.45, 7) is 4.09. The number of benzene rings is 1. The van der Waals surface area contributed by atoms with Gasteiger partial charge in [-0.15, -0.1) is 0 Å². The average molecular weight is 340 g/mol. The number of nitrogens with one attached hydrogen (secondary N) is 1. The van der Waals surface area contributed by atoms with E-state index in [0.717, 1.165) is 18.9 Å². The number of carbonyl (C=O) groups is 1. The third-order valence-electron chi connectivity index (χ3n) is 4.22. The first-order valence-corrected chi connectivity index (χ1v) is 8.78. The molecule has 6 nitrogen and oxygen atoms in total. The Kier molecular flexibility index (Phi) is 5.82. The smallest absolute Gasteiger partial charge is 0.261 e. The van der Waals surface area contributed by atoms with Crippen molar-refractivity contribution >= 4 is 11.7 Å². The van der Waals surface area contributed by atoms with Crippen LogP contribution in [0.2, 0.25) is 0 Å². The van der Waals surface area contributed by atoms with Crippen molar-refractivity contribution in [2.45, 2.75) is 38.8 Å². The van der Waals surface area contributed by atoms with Gasteiger partial charge < -0.3 is 15.0 Å². The minimum atomic E-state index is -0.576. The number of aromatic nitrogens is 2. The van der Waals surface area contributed by atoms with Gasteiger partial charge in [-0.2, -0.15) is 0 Å². The van der Waals surface area contributed by atoms with E-state index in [1.54, 1.807) is 13.1 Å². The molecule has 0 radical (unpaired) electrons. The van der Waals surface area contributed by atoms with Gasteiger partial charge in [0, 0.05) is 19.3 Å². The summed E-state index contributed by atoms with van der Waals surface area (Å²) < 4.78 is 5.62. The van der Waals surface area contributed by atoms with Crippen molar-refractivity contribution in [3.05, 3.63) is 48.4 Å². The third-order valence-corrected chi connectivity index (χ3v) is 4.22. The van der Waals surface area contributed by atoms with Crippen LogP contribution >= 0.6 is 0 Å². The highest BCUT2D eigenvalue weighted by Crippen LogP contribution is 2.17. The van der Waals surface area contributed by atoms with Crippen LogP contribution in [0, 0.1) is 0 Å². The quantitative estimate of drug-likeness (QED) is 0.875. The molecule has 0 spiro atoms. The van der Waals surface area contributed by atoms with E-state index < -0.39 is 6.10 Å². The molecule has 2 aromatic rings. The fourth-order valence-electron chi connectivity index (χ4n) is 2.84. The van der Waals surface area contributed by atoms with Gasteiger partial charge in [0.1, 0.15) is 17.4 Å². The van der Waals surface area contributed by atoms with Crippen molar-refractivity contribution in [1.29, 1.82) is 0 Å². The van der Waals surface area contributed by atoms with E-state index >= 15 is 0 Å². The van der Waals surface area contributed by atoms with Crippen LogP contribution in [0.1, 0.15) is 32.0 Å². The van der Waals surface area contributed by atoms with Gasteiger partial charge in [0.25, 0.3) is 5.91 Å². The number of hydrogen-bond acceptors (Lipinski definition) is 5. The van der Waals surface area contributed by atoms with Crippen LogP contribution < -0.4 is 15.0 Å². The lowest BCUT2D eigenvalue weighted by Gasteiger charge is -2.27. The Morgan fingerprint density at radius 1 is 1.20 bits per heavy atom. The summed E-state index contributed by atoms with van der Waals surface area (Å²) in [5, 5.41) is 2.84. The second kappa shape index (κ2) is 8.46. The summed E-state index contributed by atoms with van der Waals surface area (Å²) in [4.78, 5) is 23.3. The van der Waals surface area contributed by atoms with E-state index in [-0.39, 0.29) is 5.91 Å². The molecule has 2 heterocycles. The maximum atomic E-state index is 12.2. The highest BCUT2D eigenvalue weighted by Gasteiger charge is 2.16. The predicted octanol–water partition coefficient (Wildman–Crippen LogP) is 2.55. The van der Waals surface area contributed by atoms with Crippen LogP contribution in [0.5, 0.6) is 5.75 Å². The van der Waals surface area contributed by atoms with Crippen LogP contribution in [0.4, 0.5) is 5.82 Å². The molecule has 25 heavy (non-hydrogen) atoms. The fraction of sp³-hybridized carbons (Fsp3) is 0.421. The minimum absolute atomic E-state index is 0.184. The third kappa shape index (κ3) is 4.92. The number of piperidine rings is 1. The topological polar surface area (TPSA) is 67.3 Å². The zero-order chi connectivity index (χ0) is 17.5. The number of carbonyl (C=O) groups excluding carboxylic acids is 1. The minimum Gasteiger partial charge on any atom is -0.481 e. The summed E-state index contributed by atoms with van der Waals surface area (Å²) in [7, 11) is 0. The lowest BCUT2D eigenvalue weighted by molar-refractivity contribution is -0.127. The molecule has 0 unspecified atom stereocenters. The van der Waals surface area contributed by atoms with Crippen molar-refractivity contribution < 1.29 is 9.53 Å². The Hall–Kier alpha value is -2.63. The van der Waals surface area contributed by atoms with Crippen molar-refractivity contribution in [3.8, 4) is 5.75 Å². The van der Waals surface area contributed by atoms with E-state index in [9.17, 15) is 4.79 Å². The lowest BCUT2D eigenvalue weighted by Crippen LogP contribution is -2.36. The van der Waals surface area contributed by atoms with E-state index in [1.807, 2.05) is 36.4 Å². The van der Waals surface area contributed by atoms with Crippen LogP contribution in [0.15, 0.2) is 42.6 Å². The molecule has 132 valence electrons. The van der Waals surface area contributed by atoms with Crippen molar-refractivity contribution in [2.75, 3.05) is 18.0 Å². The number of ether oxygens (including phenoxy) is 1. The van der Waals surface area contributed by atoms with Gasteiger partial charge in [-0.1, -0.05) is 18.2 Å². The molecular formula is C19H24N4O2. The number of para-hydroxylation sites is 1. The van der Waals surface area contributed by atoms with Crippen molar-refractivity contribution in [1.82, 2.24) is 15.3 Å². The van der Waals surface area contributed by atoms with Crippen molar-refractivity contribution in [2.24, 2.45) is 0 Å². The van der Waals surface area contributed by atoms with Gasteiger partial charge in [0.2, 0.25) is 0 Å². The molecule has 1 aliphatic heterocycles. The molecule has 1 amide bonds. The summed E-state index contributed by atoms with van der Waals surface area (Å²) in [6, 6.07) is 11.2. The fourth-order valence-corrected chi connectivity index (χ4v) is 2.84. The standard InChI is InChI=1S/C19H24N4O2/c1-15(25-16-8-4-2-5-9-16)19(24)21-14-17-20-11-10-18(22-17)23-12-6-3-7-13-23/h2,4-5,8-11,15H,3,6-7,12-14H2,1H3,(H,21,24)/t15-/m1/s1. The van der Waals surface area contributed by atoms with Crippen LogP contribution in [-0.4, -0.2) is 35.1 Å². The first-order valence-electron chi connectivity index (χ1n) is 8.78. The summed E-state index contributed by atoms with van der Waals surface area (Å²) in [5.41, 5.74) is 0. The highest BCUT2D eigenvalue weighted by molar-refractivity contribution is 5.80. The second-order valence-electron chi connectivity index (χ2n) is 6.17. The molecule has 0 aliphatic carbocycles. The molecule has 1 atom stereocenters. The molecule has 1 N–H and O–H groups in total. The largest absolute Gasteiger partial charge is 0.481 e. The molecule has 1 aromatic heterocycles. The average Bonchev–Trinajstić information content (AvgIpc) is 2.68. The van der Waals surface area contributed by atoms with Gasteiger partial charge >= 0.3 is 0 Å². The molecule has 3 rings (SSSR count). The van der Waals surface area contributed by atoms with Gasteiger partial charge in [0.15, 0.2) is 6.10 Å². The molecule has 1 fully saturated rings.